The molecule has 6 nitrogen and oxygen atoms in total. The molecule has 0 radical (unpaired) electrons. The number of rotatable bonds is 5. The first kappa shape index (κ1) is 27.9. The minimum atomic E-state index is -0.194. The van der Waals surface area contributed by atoms with Crippen LogP contribution >= 0.6 is 11.3 Å². The summed E-state index contributed by atoms with van der Waals surface area (Å²) in [5.74, 6) is 3.42. The third kappa shape index (κ3) is 4.16. The van der Waals surface area contributed by atoms with Gasteiger partial charge in [0.2, 0.25) is 11.8 Å². The molecule has 0 unspecified atom stereocenters. The molecule has 6 rings (SSSR count). The van der Waals surface area contributed by atoms with Crippen LogP contribution in [0.4, 0.5) is 5.13 Å². The Morgan fingerprint density at radius 3 is 2.62 bits per heavy atom. The van der Waals surface area contributed by atoms with Crippen LogP contribution in [0, 0.1) is 47.3 Å². The monoisotopic (exact) mass is 562 g/mol. The fourth-order valence-corrected chi connectivity index (χ4v) is 11.0. The first-order valence-corrected chi connectivity index (χ1v) is 16.2. The molecule has 0 saturated heterocycles. The Morgan fingerprint density at radius 1 is 1.15 bits per heavy atom. The van der Waals surface area contributed by atoms with Crippen molar-refractivity contribution in [2.75, 3.05) is 5.32 Å². The van der Waals surface area contributed by atoms with Gasteiger partial charge in [0.15, 0.2) is 5.13 Å². The van der Waals surface area contributed by atoms with Crippen molar-refractivity contribution in [3.63, 3.8) is 0 Å². The predicted molar refractivity (Wildman–Crippen MR) is 160 cm³/mol. The van der Waals surface area contributed by atoms with Crippen molar-refractivity contribution in [1.82, 2.24) is 14.8 Å². The summed E-state index contributed by atoms with van der Waals surface area (Å²) < 4.78 is 1.65. The van der Waals surface area contributed by atoms with Gasteiger partial charge < -0.3 is 5.32 Å². The molecule has 4 aliphatic rings. The number of hydrogen-bond donors (Lipinski definition) is 1. The maximum Gasteiger partial charge on any atom is 0.244 e. The normalized spacial score (nSPS) is 34.6. The second-order valence-corrected chi connectivity index (χ2v) is 15.7. The summed E-state index contributed by atoms with van der Waals surface area (Å²) in [5.41, 5.74) is 4.16. The van der Waals surface area contributed by atoms with Gasteiger partial charge in [-0.3, -0.25) is 9.59 Å². The second-order valence-electron chi connectivity index (χ2n) is 14.5. The highest BCUT2D eigenvalue weighted by Gasteiger charge is 2.61. The van der Waals surface area contributed by atoms with Crippen molar-refractivity contribution in [2.24, 2.45) is 40.4 Å². The van der Waals surface area contributed by atoms with Gasteiger partial charge in [-0.2, -0.15) is 5.10 Å². The topological polar surface area (TPSA) is 76.9 Å². The number of fused-ring (bicyclic) bond motifs is 6. The van der Waals surface area contributed by atoms with E-state index in [1.807, 2.05) is 19.3 Å². The van der Waals surface area contributed by atoms with Gasteiger partial charge in [0, 0.05) is 29.8 Å². The molecule has 2 heterocycles. The lowest BCUT2D eigenvalue weighted by atomic mass is 9.44. The summed E-state index contributed by atoms with van der Waals surface area (Å²) in [6, 6.07) is 0. The van der Waals surface area contributed by atoms with Gasteiger partial charge in [0.1, 0.15) is 0 Å². The number of allylic oxidation sites excluding steroid dienone is 2. The quantitative estimate of drug-likeness (QED) is 0.381. The fraction of sp³-hybridized carbons (Fsp3) is 0.697. The zero-order chi connectivity index (χ0) is 28.6. The zero-order valence-corrected chi connectivity index (χ0v) is 26.2. The molecular weight excluding hydrogens is 516 g/mol. The van der Waals surface area contributed by atoms with Crippen LogP contribution in [0.25, 0.3) is 0 Å². The average Bonchev–Trinajstić information content (AvgIpc) is 3.58. The fourth-order valence-electron chi connectivity index (χ4n) is 10.4. The Labute approximate surface area is 243 Å². The number of carbonyl (C=O) groups excluding carboxylic acids is 2. The third-order valence-corrected chi connectivity index (χ3v) is 12.7. The van der Waals surface area contributed by atoms with E-state index in [1.165, 1.54) is 48.2 Å². The van der Waals surface area contributed by atoms with E-state index in [1.54, 1.807) is 11.6 Å². The minimum absolute atomic E-state index is 0.00234. The zero-order valence-electron chi connectivity index (χ0n) is 25.3. The molecule has 0 aliphatic heterocycles. The van der Waals surface area contributed by atoms with Gasteiger partial charge >= 0.3 is 0 Å². The van der Waals surface area contributed by atoms with Crippen molar-refractivity contribution in [2.45, 2.75) is 105 Å². The molecule has 2 aromatic rings. The van der Waals surface area contributed by atoms with E-state index in [9.17, 15) is 9.59 Å². The second kappa shape index (κ2) is 9.64. The molecule has 7 heteroatoms. The van der Waals surface area contributed by atoms with Gasteiger partial charge in [0.25, 0.3) is 0 Å². The van der Waals surface area contributed by atoms with E-state index in [2.05, 4.69) is 56.1 Å². The summed E-state index contributed by atoms with van der Waals surface area (Å²) in [6.07, 6.45) is 15.2. The van der Waals surface area contributed by atoms with Crippen LogP contribution in [-0.2, 0) is 16.6 Å². The average molecular weight is 563 g/mol. The molecule has 1 N–H and O–H groups in total. The largest absolute Gasteiger partial charge is 0.302 e. The first-order valence-electron chi connectivity index (χ1n) is 15.4. The highest BCUT2D eigenvalue weighted by atomic mass is 32.1. The summed E-state index contributed by atoms with van der Waals surface area (Å²) in [7, 11) is 0. The number of carbonyl (C=O) groups is 2. The summed E-state index contributed by atoms with van der Waals surface area (Å²) in [4.78, 5) is 30.5. The third-order valence-electron chi connectivity index (χ3n) is 11.9. The van der Waals surface area contributed by atoms with Crippen LogP contribution in [0.2, 0.25) is 0 Å². The maximum atomic E-state index is 12.7. The standard InChI is InChI=1S/C33H46N4O2S/c1-19(8-13-28(39)36-30-34-17-20(2)40-30)24-10-11-25-23-9-12-27-31(4,5)29-22(18-35-37(29)21(3)38)16-33(27,7)26(23)14-15-32(24,25)6/h12,17-19,23-26H,8-11,13-16H2,1-7H3,(H,34,36,39)/t19-,23+,24-,25+,26+,32-,33-/m1/s1. The molecule has 0 spiro atoms. The molecule has 2 aromatic heterocycles. The summed E-state index contributed by atoms with van der Waals surface area (Å²) in [6.45, 7) is 15.7. The van der Waals surface area contributed by atoms with Gasteiger partial charge in [-0.05, 0) is 97.9 Å². The molecule has 40 heavy (non-hydrogen) atoms. The van der Waals surface area contributed by atoms with Crippen LogP contribution in [-0.4, -0.2) is 26.6 Å². The molecule has 2 fully saturated rings. The van der Waals surface area contributed by atoms with Crippen LogP contribution in [0.3, 0.4) is 0 Å². The molecule has 216 valence electrons. The number of aryl methyl sites for hydroxylation is 1. The van der Waals surface area contributed by atoms with Gasteiger partial charge in [0.05, 0.1) is 11.9 Å². The number of nitrogens with one attached hydrogen (secondary N) is 1. The molecule has 1 amide bonds. The van der Waals surface area contributed by atoms with Gasteiger partial charge in [-0.1, -0.05) is 46.3 Å². The highest BCUT2D eigenvalue weighted by Crippen LogP contribution is 2.68. The Balaban J connectivity index is 1.19. The van der Waals surface area contributed by atoms with E-state index in [-0.39, 0.29) is 22.6 Å². The molecule has 4 aliphatic carbocycles. The van der Waals surface area contributed by atoms with Crippen molar-refractivity contribution in [3.05, 3.63) is 40.2 Å². The Kier molecular flexibility index (Phi) is 6.72. The number of aromatic nitrogens is 3. The minimum Gasteiger partial charge on any atom is -0.302 e. The lowest BCUT2D eigenvalue weighted by molar-refractivity contribution is -0.116. The maximum absolute atomic E-state index is 12.7. The smallest absolute Gasteiger partial charge is 0.244 e. The first-order chi connectivity index (χ1) is 18.9. The lowest BCUT2D eigenvalue weighted by Gasteiger charge is -2.60. The number of nitrogens with zero attached hydrogens (tertiary/aromatic N) is 3. The summed E-state index contributed by atoms with van der Waals surface area (Å²) in [5, 5.41) is 8.26. The van der Waals surface area contributed by atoms with Gasteiger partial charge in [-0.25, -0.2) is 9.67 Å². The van der Waals surface area contributed by atoms with Crippen LogP contribution in [0.5, 0.6) is 0 Å². The summed E-state index contributed by atoms with van der Waals surface area (Å²) >= 11 is 1.54. The molecule has 0 aromatic carbocycles. The highest BCUT2D eigenvalue weighted by molar-refractivity contribution is 7.15. The molecule has 0 bridgehead atoms. The lowest BCUT2D eigenvalue weighted by Crippen LogP contribution is -2.54. The molecule has 2 saturated carbocycles. The van der Waals surface area contributed by atoms with E-state index < -0.39 is 0 Å². The van der Waals surface area contributed by atoms with E-state index >= 15 is 0 Å². The van der Waals surface area contributed by atoms with Crippen molar-refractivity contribution >= 4 is 28.3 Å². The molecule has 7 atom stereocenters. The van der Waals surface area contributed by atoms with E-state index in [4.69, 9.17) is 0 Å². The Bertz CT molecular complexity index is 1370. The predicted octanol–water partition coefficient (Wildman–Crippen LogP) is 7.59. The van der Waals surface area contributed by atoms with Crippen LogP contribution < -0.4 is 5.32 Å². The van der Waals surface area contributed by atoms with Crippen molar-refractivity contribution in [3.8, 4) is 0 Å². The number of thiazole rings is 1. The van der Waals surface area contributed by atoms with Crippen LogP contribution in [0.1, 0.15) is 107 Å². The Morgan fingerprint density at radius 2 is 1.93 bits per heavy atom. The molecular formula is C33H46N4O2S. The Hall–Kier alpha value is -2.28. The number of hydrogen-bond acceptors (Lipinski definition) is 5. The SMILES string of the molecule is CC(=O)n1ncc2c1C(C)(C)C1=CC[C@H]3[C@@H]4CC[C@H]([C@H](C)CCC(=O)Nc5ncc(C)s5)[C@@]4(C)CC[C@@H]3[C@@]1(C)C2. The van der Waals surface area contributed by atoms with E-state index in [0.717, 1.165) is 35.8 Å². The van der Waals surface area contributed by atoms with Gasteiger partial charge in [-0.15, -0.1) is 11.3 Å². The van der Waals surface area contributed by atoms with E-state index in [0.29, 0.717) is 40.6 Å². The number of anilines is 1. The number of amides is 1. The van der Waals surface area contributed by atoms with Crippen LogP contribution in [0.15, 0.2) is 24.0 Å². The van der Waals surface area contributed by atoms with Crippen molar-refractivity contribution in [1.29, 1.82) is 0 Å². The van der Waals surface area contributed by atoms with Crippen molar-refractivity contribution < 1.29 is 9.59 Å².